The van der Waals surface area contributed by atoms with Crippen LogP contribution in [0.3, 0.4) is 0 Å². The second-order valence-electron chi connectivity index (χ2n) is 3.63. The zero-order valence-corrected chi connectivity index (χ0v) is 7.26. The van der Waals surface area contributed by atoms with Gasteiger partial charge in [0.2, 0.25) is 0 Å². The Morgan fingerprint density at radius 2 is 1.80 bits per heavy atom. The predicted octanol–water partition coefficient (Wildman–Crippen LogP) is 2.46. The molecule has 0 spiro atoms. The van der Waals surface area contributed by atoms with E-state index in [1.54, 1.807) is 0 Å². The van der Waals surface area contributed by atoms with E-state index in [0.29, 0.717) is 6.10 Å². The van der Waals surface area contributed by atoms with Crippen LogP contribution in [0.25, 0.3) is 0 Å². The van der Waals surface area contributed by atoms with Crippen LogP contribution in [-0.4, -0.2) is 13.2 Å². The van der Waals surface area contributed by atoms with Crippen LogP contribution in [0.4, 0.5) is 0 Å². The molecule has 0 aromatic carbocycles. The molecule has 1 aliphatic rings. The van der Waals surface area contributed by atoms with Crippen molar-refractivity contribution >= 4 is 0 Å². The van der Waals surface area contributed by atoms with Crippen LogP contribution in [-0.2, 0) is 4.74 Å². The van der Waals surface area contributed by atoms with Crippen molar-refractivity contribution in [3.05, 3.63) is 0 Å². The van der Waals surface area contributed by atoms with Gasteiger partial charge in [0.25, 0.3) is 0 Å². The molecule has 60 valence electrons. The van der Waals surface area contributed by atoms with E-state index < -0.39 is 0 Å². The molecule has 1 heteroatoms. The maximum atomic E-state index is 5.31. The third kappa shape index (κ3) is 1.72. The summed E-state index contributed by atoms with van der Waals surface area (Å²) in [4.78, 5) is 0. The minimum Gasteiger partial charge on any atom is -0.381 e. The lowest BCUT2D eigenvalue weighted by Gasteiger charge is -2.30. The number of hydrogen-bond donors (Lipinski definition) is 0. The summed E-state index contributed by atoms with van der Waals surface area (Å²) in [7, 11) is 1.83. The zero-order chi connectivity index (χ0) is 7.56. The van der Waals surface area contributed by atoms with E-state index in [2.05, 4.69) is 13.8 Å². The molecule has 1 rings (SSSR count). The first kappa shape index (κ1) is 8.06. The first-order valence-electron chi connectivity index (χ1n) is 4.26. The second kappa shape index (κ2) is 3.38. The molecule has 0 saturated heterocycles. The fourth-order valence-corrected chi connectivity index (χ4v) is 1.71. The molecule has 0 amide bonds. The molecular formula is C9H18O. The van der Waals surface area contributed by atoms with Gasteiger partial charge in [-0.3, -0.25) is 0 Å². The monoisotopic (exact) mass is 142 g/mol. The zero-order valence-electron chi connectivity index (χ0n) is 7.26. The molecule has 1 nitrogen and oxygen atoms in total. The molecule has 1 unspecified atom stereocenters. The Kier molecular flexibility index (Phi) is 2.72. The van der Waals surface area contributed by atoms with Gasteiger partial charge in [0.05, 0.1) is 6.10 Å². The second-order valence-corrected chi connectivity index (χ2v) is 3.63. The summed E-state index contributed by atoms with van der Waals surface area (Å²) < 4.78 is 5.31. The molecule has 0 aromatic heterocycles. The minimum absolute atomic E-state index is 0.547. The van der Waals surface area contributed by atoms with Gasteiger partial charge in [0.15, 0.2) is 0 Å². The van der Waals surface area contributed by atoms with E-state index >= 15 is 0 Å². The van der Waals surface area contributed by atoms with Crippen LogP contribution in [0.15, 0.2) is 0 Å². The van der Waals surface area contributed by atoms with Crippen molar-refractivity contribution < 1.29 is 4.74 Å². The van der Waals surface area contributed by atoms with E-state index in [9.17, 15) is 0 Å². The van der Waals surface area contributed by atoms with Gasteiger partial charge in [-0.2, -0.15) is 0 Å². The van der Waals surface area contributed by atoms with Crippen LogP contribution < -0.4 is 0 Å². The van der Waals surface area contributed by atoms with Crippen molar-refractivity contribution in [2.45, 2.75) is 39.2 Å². The molecule has 3 atom stereocenters. The van der Waals surface area contributed by atoms with Gasteiger partial charge in [-0.05, 0) is 31.1 Å². The molecule has 0 aliphatic heterocycles. The normalized spacial score (nSPS) is 41.7. The van der Waals surface area contributed by atoms with E-state index in [1.165, 1.54) is 19.3 Å². The fourth-order valence-electron chi connectivity index (χ4n) is 1.71. The molecule has 0 bridgehead atoms. The molecule has 1 saturated carbocycles. The highest BCUT2D eigenvalue weighted by molar-refractivity contribution is 4.74. The summed E-state index contributed by atoms with van der Waals surface area (Å²) >= 11 is 0. The van der Waals surface area contributed by atoms with Crippen LogP contribution in [0.5, 0.6) is 0 Å². The maximum absolute atomic E-state index is 5.31. The van der Waals surface area contributed by atoms with Gasteiger partial charge >= 0.3 is 0 Å². The summed E-state index contributed by atoms with van der Waals surface area (Å²) in [5, 5.41) is 0. The molecule has 0 aromatic rings. The highest BCUT2D eigenvalue weighted by Gasteiger charge is 2.23. The first-order chi connectivity index (χ1) is 4.74. The molecule has 10 heavy (non-hydrogen) atoms. The average molecular weight is 142 g/mol. The molecule has 0 heterocycles. The minimum atomic E-state index is 0.547. The number of rotatable bonds is 1. The van der Waals surface area contributed by atoms with Crippen LogP contribution >= 0.6 is 0 Å². The van der Waals surface area contributed by atoms with Gasteiger partial charge in [-0.25, -0.2) is 0 Å². The smallest absolute Gasteiger partial charge is 0.0574 e. The van der Waals surface area contributed by atoms with E-state index in [4.69, 9.17) is 4.74 Å². The molecular weight excluding hydrogens is 124 g/mol. The van der Waals surface area contributed by atoms with E-state index in [-0.39, 0.29) is 0 Å². The van der Waals surface area contributed by atoms with Crippen molar-refractivity contribution in [2.75, 3.05) is 7.11 Å². The first-order valence-corrected chi connectivity index (χ1v) is 4.26. The molecule has 0 N–H and O–H groups in total. The van der Waals surface area contributed by atoms with Gasteiger partial charge in [0.1, 0.15) is 0 Å². The van der Waals surface area contributed by atoms with Crippen molar-refractivity contribution in [1.82, 2.24) is 0 Å². The largest absolute Gasteiger partial charge is 0.381 e. The summed E-state index contributed by atoms with van der Waals surface area (Å²) in [6.45, 7) is 4.67. The topological polar surface area (TPSA) is 9.23 Å². The van der Waals surface area contributed by atoms with E-state index in [1.807, 2.05) is 7.11 Å². The lowest BCUT2D eigenvalue weighted by Crippen LogP contribution is -2.25. The Labute approximate surface area is 63.8 Å². The van der Waals surface area contributed by atoms with Gasteiger partial charge in [0, 0.05) is 7.11 Å². The van der Waals surface area contributed by atoms with E-state index in [0.717, 1.165) is 11.8 Å². The van der Waals surface area contributed by atoms with Crippen LogP contribution in [0, 0.1) is 11.8 Å². The Morgan fingerprint density at radius 3 is 2.30 bits per heavy atom. The highest BCUT2D eigenvalue weighted by Crippen LogP contribution is 2.30. The van der Waals surface area contributed by atoms with Gasteiger partial charge in [-0.1, -0.05) is 13.8 Å². The van der Waals surface area contributed by atoms with Gasteiger partial charge in [-0.15, -0.1) is 0 Å². The van der Waals surface area contributed by atoms with Crippen molar-refractivity contribution in [1.29, 1.82) is 0 Å². The fraction of sp³-hybridized carbons (Fsp3) is 1.00. The highest BCUT2D eigenvalue weighted by atomic mass is 16.5. The summed E-state index contributed by atoms with van der Waals surface area (Å²) in [6, 6.07) is 0. The van der Waals surface area contributed by atoms with Crippen molar-refractivity contribution in [3.63, 3.8) is 0 Å². The number of ether oxygens (including phenoxy) is 1. The third-order valence-electron chi connectivity index (χ3n) is 2.88. The molecule has 0 radical (unpaired) electrons. The summed E-state index contributed by atoms with van der Waals surface area (Å²) in [5.74, 6) is 1.77. The van der Waals surface area contributed by atoms with Crippen molar-refractivity contribution in [3.8, 4) is 0 Å². The summed E-state index contributed by atoms with van der Waals surface area (Å²) in [5.41, 5.74) is 0. The Bertz CT molecular complexity index is 101. The predicted molar refractivity (Wildman–Crippen MR) is 43.0 cm³/mol. The molecule has 1 fully saturated rings. The Morgan fingerprint density at radius 1 is 1.10 bits per heavy atom. The SMILES string of the molecule is COC1CC[C@@H](C)[C@@H](C)C1. The standard InChI is InChI=1S/C9H18O/c1-7-4-5-9(10-3)6-8(7)2/h7-9H,4-6H2,1-3H3/t7-,8+,9?/m1/s1. The Hall–Kier alpha value is -0.0400. The lowest BCUT2D eigenvalue weighted by molar-refractivity contribution is 0.0368. The lowest BCUT2D eigenvalue weighted by atomic mass is 9.80. The Balaban J connectivity index is 2.33. The quantitative estimate of drug-likeness (QED) is 0.546. The maximum Gasteiger partial charge on any atom is 0.0574 e. The number of methoxy groups -OCH3 is 1. The van der Waals surface area contributed by atoms with Crippen LogP contribution in [0.2, 0.25) is 0 Å². The van der Waals surface area contributed by atoms with Crippen LogP contribution in [0.1, 0.15) is 33.1 Å². The summed E-state index contributed by atoms with van der Waals surface area (Å²) in [6.07, 6.45) is 4.42. The third-order valence-corrected chi connectivity index (χ3v) is 2.88. The van der Waals surface area contributed by atoms with Crippen molar-refractivity contribution in [2.24, 2.45) is 11.8 Å². The van der Waals surface area contributed by atoms with Gasteiger partial charge < -0.3 is 4.74 Å². The number of hydrogen-bond acceptors (Lipinski definition) is 1. The average Bonchev–Trinajstić information content (AvgIpc) is 1.95. The molecule has 1 aliphatic carbocycles.